The van der Waals surface area contributed by atoms with Gasteiger partial charge in [-0.1, -0.05) is 97.4 Å². The molecule has 0 N–H and O–H groups in total. The number of rotatable bonds is 6. The molecule has 0 amide bonds. The van der Waals surface area contributed by atoms with Gasteiger partial charge in [0.25, 0.3) is 0 Å². The van der Waals surface area contributed by atoms with Gasteiger partial charge in [-0.3, -0.25) is 0 Å². The molecule has 0 radical (unpaired) electrons. The van der Waals surface area contributed by atoms with Crippen molar-refractivity contribution in [3.05, 3.63) is 106 Å². The van der Waals surface area contributed by atoms with E-state index in [1.165, 1.54) is 51.9 Å². The normalized spacial score (nSPS) is 11.0. The van der Waals surface area contributed by atoms with E-state index < -0.39 is 0 Å². The van der Waals surface area contributed by atoms with Crippen LogP contribution in [-0.4, -0.2) is 0 Å². The third kappa shape index (κ3) is 5.55. The fourth-order valence-electron chi connectivity index (χ4n) is 3.37. The highest BCUT2D eigenvalue weighted by molar-refractivity contribution is 7.55. The van der Waals surface area contributed by atoms with Gasteiger partial charge in [0.05, 0.1) is 0 Å². The molecule has 0 aliphatic heterocycles. The molecule has 0 fully saturated rings. The summed E-state index contributed by atoms with van der Waals surface area (Å²) < 4.78 is 0. The van der Waals surface area contributed by atoms with Crippen LogP contribution < -0.4 is 0 Å². The van der Waals surface area contributed by atoms with Gasteiger partial charge in [-0.05, 0) is 55.9 Å². The summed E-state index contributed by atoms with van der Waals surface area (Å²) in [6.45, 7) is 6.56. The molecule has 3 aromatic carbocycles. The molecule has 0 aliphatic rings. The minimum atomic E-state index is -0.127. The Morgan fingerprint density at radius 3 is 1.12 bits per heavy atom. The van der Waals surface area contributed by atoms with Crippen LogP contribution in [0.3, 0.4) is 0 Å². The SMILES string of the molecule is Cc1cccc(CP(Cc2cccc(C)c2)Cc2cccc(C)c2)c1. The van der Waals surface area contributed by atoms with E-state index in [0.29, 0.717) is 0 Å². The van der Waals surface area contributed by atoms with E-state index in [-0.39, 0.29) is 7.92 Å². The van der Waals surface area contributed by atoms with Gasteiger partial charge in [-0.25, -0.2) is 0 Å². The van der Waals surface area contributed by atoms with E-state index >= 15 is 0 Å². The molecule has 0 nitrogen and oxygen atoms in total. The molecule has 0 aliphatic carbocycles. The Kier molecular flexibility index (Phi) is 6.05. The average molecular weight is 346 g/mol. The van der Waals surface area contributed by atoms with Gasteiger partial charge in [0, 0.05) is 0 Å². The molecule has 0 saturated carbocycles. The number of hydrogen-bond donors (Lipinski definition) is 0. The zero-order valence-electron chi connectivity index (χ0n) is 15.5. The van der Waals surface area contributed by atoms with Crippen molar-refractivity contribution in [2.24, 2.45) is 0 Å². The molecule has 0 heterocycles. The van der Waals surface area contributed by atoms with Crippen LogP contribution in [0.15, 0.2) is 72.8 Å². The number of benzene rings is 3. The Hall–Kier alpha value is -1.91. The maximum absolute atomic E-state index is 2.35. The van der Waals surface area contributed by atoms with E-state index in [4.69, 9.17) is 0 Å². The van der Waals surface area contributed by atoms with Gasteiger partial charge in [0.15, 0.2) is 0 Å². The first-order valence-corrected chi connectivity index (χ1v) is 10.9. The minimum Gasteiger partial charge on any atom is -0.0932 e. The third-order valence-corrected chi connectivity index (χ3v) is 6.90. The lowest BCUT2D eigenvalue weighted by Gasteiger charge is -2.19. The molecule has 0 saturated heterocycles. The highest BCUT2D eigenvalue weighted by Gasteiger charge is 2.12. The van der Waals surface area contributed by atoms with Crippen molar-refractivity contribution < 1.29 is 0 Å². The highest BCUT2D eigenvalue weighted by atomic mass is 31.1. The Balaban J connectivity index is 1.82. The zero-order valence-corrected chi connectivity index (χ0v) is 16.4. The summed E-state index contributed by atoms with van der Waals surface area (Å²) in [7, 11) is -0.127. The molecule has 1 heteroatoms. The smallest absolute Gasteiger partial charge is 0.00670 e. The second kappa shape index (κ2) is 8.45. The van der Waals surface area contributed by atoms with Gasteiger partial charge in [0.2, 0.25) is 0 Å². The van der Waals surface area contributed by atoms with E-state index in [1.54, 1.807) is 0 Å². The molecule has 0 atom stereocenters. The third-order valence-electron chi connectivity index (χ3n) is 4.47. The van der Waals surface area contributed by atoms with Crippen molar-refractivity contribution in [1.82, 2.24) is 0 Å². The fraction of sp³-hybridized carbons (Fsp3) is 0.250. The summed E-state index contributed by atoms with van der Waals surface area (Å²) in [4.78, 5) is 0. The van der Waals surface area contributed by atoms with Crippen molar-refractivity contribution in [3.63, 3.8) is 0 Å². The van der Waals surface area contributed by atoms with Gasteiger partial charge in [-0.15, -0.1) is 0 Å². The standard InChI is InChI=1S/C24H27P/c1-19-7-4-10-22(13-19)16-25(17-23-11-5-8-20(2)14-23)18-24-12-6-9-21(3)15-24/h4-15H,16-18H2,1-3H3. The van der Waals surface area contributed by atoms with Crippen LogP contribution in [0.25, 0.3) is 0 Å². The summed E-state index contributed by atoms with van der Waals surface area (Å²) in [6, 6.07) is 27.0. The maximum atomic E-state index is 2.35. The lowest BCUT2D eigenvalue weighted by molar-refractivity contribution is 1.24. The first-order valence-electron chi connectivity index (χ1n) is 8.97. The second-order valence-corrected chi connectivity index (χ2v) is 9.40. The molecule has 3 rings (SSSR count). The molecule has 0 bridgehead atoms. The van der Waals surface area contributed by atoms with Crippen LogP contribution in [-0.2, 0) is 18.5 Å². The van der Waals surface area contributed by atoms with Crippen LogP contribution in [0.2, 0.25) is 0 Å². The molecular formula is C24H27P. The van der Waals surface area contributed by atoms with E-state index in [1.807, 2.05) is 0 Å². The van der Waals surface area contributed by atoms with Crippen molar-refractivity contribution >= 4 is 7.92 Å². The Morgan fingerprint density at radius 2 is 0.840 bits per heavy atom. The molecule has 3 aromatic rings. The van der Waals surface area contributed by atoms with Gasteiger partial charge in [0.1, 0.15) is 0 Å². The number of aryl methyl sites for hydroxylation is 3. The van der Waals surface area contributed by atoms with Crippen molar-refractivity contribution in [2.45, 2.75) is 39.3 Å². The predicted molar refractivity (Wildman–Crippen MR) is 112 cm³/mol. The van der Waals surface area contributed by atoms with Crippen LogP contribution in [0.1, 0.15) is 33.4 Å². The zero-order chi connectivity index (χ0) is 17.6. The lowest BCUT2D eigenvalue weighted by atomic mass is 10.2. The first kappa shape index (κ1) is 17.9. The molecule has 128 valence electrons. The summed E-state index contributed by atoms with van der Waals surface area (Å²) in [6.07, 6.45) is 3.58. The van der Waals surface area contributed by atoms with Crippen LogP contribution in [0.4, 0.5) is 0 Å². The molecule has 0 unspecified atom stereocenters. The largest absolute Gasteiger partial charge is 0.0932 e. The molecule has 25 heavy (non-hydrogen) atoms. The van der Waals surface area contributed by atoms with Gasteiger partial charge >= 0.3 is 0 Å². The molecule has 0 aromatic heterocycles. The molecular weight excluding hydrogens is 319 g/mol. The fourth-order valence-corrected chi connectivity index (χ4v) is 5.85. The number of hydrogen-bond acceptors (Lipinski definition) is 0. The summed E-state index contributed by atoms with van der Waals surface area (Å²) >= 11 is 0. The van der Waals surface area contributed by atoms with Crippen LogP contribution in [0, 0.1) is 20.8 Å². The Bertz CT molecular complexity index is 722. The van der Waals surface area contributed by atoms with Crippen molar-refractivity contribution in [2.75, 3.05) is 0 Å². The van der Waals surface area contributed by atoms with Gasteiger partial charge in [-0.2, -0.15) is 0 Å². The maximum Gasteiger partial charge on any atom is -0.00670 e. The lowest BCUT2D eigenvalue weighted by Crippen LogP contribution is -1.94. The van der Waals surface area contributed by atoms with E-state index in [9.17, 15) is 0 Å². The van der Waals surface area contributed by atoms with Gasteiger partial charge < -0.3 is 0 Å². The monoisotopic (exact) mass is 346 g/mol. The Morgan fingerprint density at radius 1 is 0.520 bits per heavy atom. The molecule has 0 spiro atoms. The first-order chi connectivity index (χ1) is 12.1. The summed E-state index contributed by atoms with van der Waals surface area (Å²) in [5.74, 6) is 0. The Labute approximate surface area is 153 Å². The van der Waals surface area contributed by atoms with E-state index in [2.05, 4.69) is 93.6 Å². The highest BCUT2D eigenvalue weighted by Crippen LogP contribution is 2.46. The summed E-state index contributed by atoms with van der Waals surface area (Å²) in [5, 5.41) is 0. The second-order valence-electron chi connectivity index (χ2n) is 7.11. The van der Waals surface area contributed by atoms with E-state index in [0.717, 1.165) is 0 Å². The predicted octanol–water partition coefficient (Wildman–Crippen LogP) is 6.99. The topological polar surface area (TPSA) is 0 Å². The van der Waals surface area contributed by atoms with Crippen molar-refractivity contribution in [3.8, 4) is 0 Å². The van der Waals surface area contributed by atoms with Crippen LogP contribution in [0.5, 0.6) is 0 Å². The van der Waals surface area contributed by atoms with Crippen molar-refractivity contribution in [1.29, 1.82) is 0 Å². The quantitative estimate of drug-likeness (QED) is 0.422. The summed E-state index contributed by atoms with van der Waals surface area (Å²) in [5.41, 5.74) is 8.51. The van der Waals surface area contributed by atoms with Crippen LogP contribution >= 0.6 is 7.92 Å². The minimum absolute atomic E-state index is 0.127. The average Bonchev–Trinajstić information content (AvgIpc) is 2.55.